The lowest BCUT2D eigenvalue weighted by Gasteiger charge is -2.21. The quantitative estimate of drug-likeness (QED) is 0.255. The van der Waals surface area contributed by atoms with Crippen molar-refractivity contribution in [2.24, 2.45) is 0 Å². The van der Waals surface area contributed by atoms with E-state index in [9.17, 15) is 24.5 Å². The molecule has 0 radical (unpaired) electrons. The molecule has 0 fully saturated rings. The molecule has 32 heavy (non-hydrogen) atoms. The van der Waals surface area contributed by atoms with E-state index < -0.39 is 34.4 Å². The number of carbonyl (C=O) groups excluding carboxylic acids is 3. The van der Waals surface area contributed by atoms with Gasteiger partial charge in [0.1, 0.15) is 11.6 Å². The number of nitrogens with one attached hydrogen (secondary N) is 1. The molecule has 162 valence electrons. The maximum atomic E-state index is 12.8. The van der Waals surface area contributed by atoms with Crippen LogP contribution in [0.5, 0.6) is 0 Å². The zero-order valence-electron chi connectivity index (χ0n) is 16.8. The fourth-order valence-electron chi connectivity index (χ4n) is 3.34. The number of amides is 3. The summed E-state index contributed by atoms with van der Waals surface area (Å²) in [5.74, 6) is -2.28. The summed E-state index contributed by atoms with van der Waals surface area (Å²) in [4.78, 5) is 49.6. The normalized spacial score (nSPS) is 13.8. The number of hydrogen-bond donors (Lipinski definition) is 1. The van der Waals surface area contributed by atoms with Crippen LogP contribution in [-0.2, 0) is 4.79 Å². The molecule has 1 N–H and O–H groups in total. The minimum atomic E-state index is -1.21. The Kier molecular flexibility index (Phi) is 5.40. The number of anilines is 1. The fraction of sp³-hybridized carbons (Fsp3) is 0.158. The first-order valence-electron chi connectivity index (χ1n) is 9.22. The van der Waals surface area contributed by atoms with Crippen LogP contribution >= 0.6 is 11.8 Å². The molecule has 0 saturated heterocycles. The van der Waals surface area contributed by atoms with E-state index in [0.717, 1.165) is 11.0 Å². The van der Waals surface area contributed by atoms with Gasteiger partial charge in [0.25, 0.3) is 17.5 Å². The number of nitro benzene ring substituents is 1. The summed E-state index contributed by atoms with van der Waals surface area (Å²) in [6.07, 6.45) is 1.82. The molecular formula is C19H15N7O5S. The molecule has 1 unspecified atom stereocenters. The van der Waals surface area contributed by atoms with Crippen molar-refractivity contribution in [3.8, 4) is 5.69 Å². The summed E-state index contributed by atoms with van der Waals surface area (Å²) in [7, 11) is 0. The van der Waals surface area contributed by atoms with Crippen LogP contribution in [0.15, 0.2) is 47.6 Å². The van der Waals surface area contributed by atoms with Crippen LogP contribution in [0.25, 0.3) is 5.69 Å². The molecule has 1 atom stereocenters. The Labute approximate surface area is 184 Å². The van der Waals surface area contributed by atoms with Gasteiger partial charge in [-0.2, -0.15) is 4.68 Å². The van der Waals surface area contributed by atoms with Crippen LogP contribution in [0.1, 0.15) is 27.6 Å². The molecule has 12 nitrogen and oxygen atoms in total. The number of fused-ring (bicyclic) bond motifs is 1. The van der Waals surface area contributed by atoms with Gasteiger partial charge in [-0.3, -0.25) is 29.4 Å². The number of carbonyl (C=O) groups is 3. The van der Waals surface area contributed by atoms with E-state index in [2.05, 4.69) is 20.8 Å². The van der Waals surface area contributed by atoms with Gasteiger partial charge in [0.05, 0.1) is 16.2 Å². The number of thioether (sulfide) groups is 1. The Morgan fingerprint density at radius 2 is 1.94 bits per heavy atom. The summed E-state index contributed by atoms with van der Waals surface area (Å²) in [5, 5.41) is 25.9. The van der Waals surface area contributed by atoms with Crippen molar-refractivity contribution in [3.05, 3.63) is 63.7 Å². The molecule has 0 aliphatic carbocycles. The van der Waals surface area contributed by atoms with Crippen molar-refractivity contribution in [3.63, 3.8) is 0 Å². The number of tetrazole rings is 1. The predicted octanol–water partition coefficient (Wildman–Crippen LogP) is 1.92. The second-order valence-electron chi connectivity index (χ2n) is 6.73. The van der Waals surface area contributed by atoms with Crippen molar-refractivity contribution in [2.45, 2.75) is 18.1 Å². The highest BCUT2D eigenvalue weighted by atomic mass is 32.2. The number of nitro groups is 1. The van der Waals surface area contributed by atoms with E-state index in [1.165, 1.54) is 35.5 Å². The Bertz CT molecular complexity index is 1270. The standard InChI is InChI=1S/C19H15N7O5S/c1-10(24-17(28)13-7-4-8-14(26(30)31)15(13)18(24)29)16(27)20-11-5-3-6-12(9-11)25-19(32-2)21-22-23-25/h3-10H,1-2H3,(H,20,27). The highest BCUT2D eigenvalue weighted by Gasteiger charge is 2.44. The number of benzene rings is 2. The summed E-state index contributed by atoms with van der Waals surface area (Å²) < 4.78 is 1.49. The van der Waals surface area contributed by atoms with Gasteiger partial charge in [-0.15, -0.1) is 5.10 Å². The summed E-state index contributed by atoms with van der Waals surface area (Å²) in [5.41, 5.74) is 0.0990. The monoisotopic (exact) mass is 453 g/mol. The zero-order chi connectivity index (χ0) is 23.0. The summed E-state index contributed by atoms with van der Waals surface area (Å²) in [6, 6.07) is 9.28. The van der Waals surface area contributed by atoms with Crippen LogP contribution in [0.2, 0.25) is 0 Å². The molecule has 2 heterocycles. The highest BCUT2D eigenvalue weighted by molar-refractivity contribution is 7.98. The zero-order valence-corrected chi connectivity index (χ0v) is 17.6. The van der Waals surface area contributed by atoms with Crippen LogP contribution in [-0.4, -0.2) is 60.0 Å². The average Bonchev–Trinajstić information content (AvgIpc) is 3.36. The Hall–Kier alpha value is -4.13. The molecular weight excluding hydrogens is 438 g/mol. The molecule has 3 aromatic rings. The second kappa shape index (κ2) is 8.19. The van der Waals surface area contributed by atoms with Gasteiger partial charge in [0.2, 0.25) is 11.1 Å². The molecule has 2 aromatic carbocycles. The maximum absolute atomic E-state index is 12.8. The number of rotatable bonds is 6. The SMILES string of the molecule is CSc1nnnn1-c1cccc(NC(=O)C(C)N2C(=O)c3cccc([N+](=O)[O-])c3C2=O)c1. The number of hydrogen-bond acceptors (Lipinski definition) is 9. The van der Waals surface area contributed by atoms with Gasteiger partial charge < -0.3 is 5.32 Å². The summed E-state index contributed by atoms with van der Waals surface area (Å²) in [6.45, 7) is 1.37. The summed E-state index contributed by atoms with van der Waals surface area (Å²) >= 11 is 1.35. The molecule has 13 heteroatoms. The average molecular weight is 453 g/mol. The van der Waals surface area contributed by atoms with Crippen molar-refractivity contribution < 1.29 is 19.3 Å². The third-order valence-corrected chi connectivity index (χ3v) is 5.49. The van der Waals surface area contributed by atoms with E-state index in [4.69, 9.17) is 0 Å². The molecule has 1 aliphatic rings. The fourth-order valence-corrected chi connectivity index (χ4v) is 3.77. The third kappa shape index (κ3) is 3.47. The minimum Gasteiger partial charge on any atom is -0.324 e. The highest BCUT2D eigenvalue weighted by Crippen LogP contribution is 2.32. The first-order chi connectivity index (χ1) is 15.3. The third-order valence-electron chi connectivity index (χ3n) is 4.87. The van der Waals surface area contributed by atoms with Crippen LogP contribution < -0.4 is 5.32 Å². The lowest BCUT2D eigenvalue weighted by atomic mass is 10.1. The van der Waals surface area contributed by atoms with Crippen LogP contribution in [0.4, 0.5) is 11.4 Å². The van der Waals surface area contributed by atoms with Gasteiger partial charge in [0.15, 0.2) is 0 Å². The first-order valence-corrected chi connectivity index (χ1v) is 10.4. The lowest BCUT2D eigenvalue weighted by Crippen LogP contribution is -2.45. The van der Waals surface area contributed by atoms with Gasteiger partial charge in [-0.1, -0.05) is 23.9 Å². The lowest BCUT2D eigenvalue weighted by molar-refractivity contribution is -0.385. The molecule has 0 spiro atoms. The van der Waals surface area contributed by atoms with E-state index in [1.807, 2.05) is 6.26 Å². The van der Waals surface area contributed by atoms with Crippen molar-refractivity contribution >= 4 is 40.9 Å². The van der Waals surface area contributed by atoms with Gasteiger partial charge >= 0.3 is 0 Å². The topological polar surface area (TPSA) is 153 Å². The van der Waals surface area contributed by atoms with E-state index >= 15 is 0 Å². The second-order valence-corrected chi connectivity index (χ2v) is 7.50. The van der Waals surface area contributed by atoms with Crippen molar-refractivity contribution in [2.75, 3.05) is 11.6 Å². The Morgan fingerprint density at radius 3 is 2.66 bits per heavy atom. The molecule has 0 bridgehead atoms. The predicted molar refractivity (Wildman–Crippen MR) is 113 cm³/mol. The van der Waals surface area contributed by atoms with Gasteiger partial charge in [0, 0.05) is 11.8 Å². The van der Waals surface area contributed by atoms with Crippen molar-refractivity contribution in [1.29, 1.82) is 0 Å². The van der Waals surface area contributed by atoms with E-state index in [1.54, 1.807) is 24.3 Å². The minimum absolute atomic E-state index is 0.103. The van der Waals surface area contributed by atoms with Gasteiger partial charge in [-0.05, 0) is 47.9 Å². The molecule has 3 amide bonds. The Morgan fingerprint density at radius 1 is 1.19 bits per heavy atom. The molecule has 4 rings (SSSR count). The molecule has 1 aromatic heterocycles. The molecule has 1 aliphatic heterocycles. The number of imide groups is 1. The Balaban J connectivity index is 1.57. The van der Waals surface area contributed by atoms with Crippen LogP contribution in [0, 0.1) is 10.1 Å². The van der Waals surface area contributed by atoms with E-state index in [0.29, 0.717) is 16.5 Å². The molecule has 0 saturated carbocycles. The number of nitrogens with zero attached hydrogens (tertiary/aromatic N) is 6. The first kappa shape index (κ1) is 21.1. The van der Waals surface area contributed by atoms with Crippen molar-refractivity contribution in [1.82, 2.24) is 25.1 Å². The smallest absolute Gasteiger partial charge is 0.282 e. The maximum Gasteiger partial charge on any atom is 0.282 e. The van der Waals surface area contributed by atoms with E-state index in [-0.39, 0.29) is 11.1 Å². The number of aromatic nitrogens is 4. The van der Waals surface area contributed by atoms with Crippen LogP contribution in [0.3, 0.4) is 0 Å². The largest absolute Gasteiger partial charge is 0.324 e. The van der Waals surface area contributed by atoms with Gasteiger partial charge in [-0.25, -0.2) is 0 Å².